The van der Waals surface area contributed by atoms with Crippen LogP contribution >= 0.6 is 0 Å². The van der Waals surface area contributed by atoms with Crippen LogP contribution in [0.3, 0.4) is 0 Å². The fourth-order valence-electron chi connectivity index (χ4n) is 4.46. The number of likely N-dealkylation sites (tertiary alicyclic amines) is 1. The van der Waals surface area contributed by atoms with E-state index in [0.717, 1.165) is 68.4 Å². The van der Waals surface area contributed by atoms with E-state index in [1.165, 1.54) is 12.8 Å². The second-order valence-electron chi connectivity index (χ2n) is 8.25. The summed E-state index contributed by atoms with van der Waals surface area (Å²) in [6.45, 7) is 4.95. The summed E-state index contributed by atoms with van der Waals surface area (Å²) in [5.41, 5.74) is 1.95. The summed E-state index contributed by atoms with van der Waals surface area (Å²) < 4.78 is 3.56. The van der Waals surface area contributed by atoms with Crippen molar-refractivity contribution in [2.45, 2.75) is 38.1 Å². The molecule has 0 radical (unpaired) electrons. The molecule has 3 aromatic heterocycles. The maximum Gasteiger partial charge on any atom is 0.250 e. The normalized spacial score (nSPS) is 18.7. The zero-order valence-electron chi connectivity index (χ0n) is 16.9. The first-order valence-electron chi connectivity index (χ1n) is 10.5. The first-order valence-corrected chi connectivity index (χ1v) is 10.5. The topological polar surface area (TPSA) is 71.6 Å². The minimum atomic E-state index is 0.0483. The lowest BCUT2D eigenvalue weighted by Crippen LogP contribution is -2.33. The highest BCUT2D eigenvalue weighted by molar-refractivity contribution is 5.46. The zero-order chi connectivity index (χ0) is 19.8. The Bertz CT molecular complexity index is 1060. The SMILES string of the molecule is Cn1ccc(CN2CCC(c3nnc4ccc(N5CCCC5)nn34)CC2)cc1=O. The Morgan fingerprint density at radius 1 is 1.03 bits per heavy atom. The molecule has 2 saturated heterocycles. The first kappa shape index (κ1) is 18.3. The van der Waals surface area contributed by atoms with Crippen molar-refractivity contribution in [1.29, 1.82) is 0 Å². The number of fused-ring (bicyclic) bond motifs is 1. The van der Waals surface area contributed by atoms with Crippen LogP contribution in [0.2, 0.25) is 0 Å². The van der Waals surface area contributed by atoms with Crippen LogP contribution in [-0.4, -0.2) is 55.5 Å². The molecule has 5 rings (SSSR count). The molecular formula is C21H27N7O. The summed E-state index contributed by atoms with van der Waals surface area (Å²) in [6, 6.07) is 7.86. The number of anilines is 1. The van der Waals surface area contributed by atoms with E-state index in [-0.39, 0.29) is 5.56 Å². The molecule has 0 N–H and O–H groups in total. The van der Waals surface area contributed by atoms with Gasteiger partial charge in [-0.15, -0.1) is 15.3 Å². The molecule has 0 aliphatic carbocycles. The van der Waals surface area contributed by atoms with Gasteiger partial charge >= 0.3 is 0 Å². The van der Waals surface area contributed by atoms with Gasteiger partial charge in [0.2, 0.25) is 0 Å². The first-order chi connectivity index (χ1) is 14.2. The lowest BCUT2D eigenvalue weighted by molar-refractivity contribution is 0.200. The number of nitrogens with zero attached hydrogens (tertiary/aromatic N) is 7. The molecule has 152 valence electrons. The standard InChI is InChI=1S/C21H27N7O/c1-25-11-6-16(14-20(25)29)15-26-12-7-17(8-13-26)21-23-22-18-4-5-19(24-28(18)21)27-9-2-3-10-27/h4-6,11,14,17H,2-3,7-10,12-13,15H2,1H3. The van der Waals surface area contributed by atoms with Gasteiger partial charge in [0.1, 0.15) is 5.82 Å². The Labute approximate surface area is 169 Å². The largest absolute Gasteiger partial charge is 0.355 e. The quantitative estimate of drug-likeness (QED) is 0.673. The predicted molar refractivity (Wildman–Crippen MR) is 111 cm³/mol. The molecule has 8 nitrogen and oxygen atoms in total. The minimum Gasteiger partial charge on any atom is -0.355 e. The predicted octanol–water partition coefficient (Wildman–Crippen LogP) is 1.80. The second kappa shape index (κ2) is 7.59. The van der Waals surface area contributed by atoms with E-state index in [2.05, 4.69) is 26.1 Å². The van der Waals surface area contributed by atoms with Crippen LogP contribution < -0.4 is 10.5 Å². The van der Waals surface area contributed by atoms with Gasteiger partial charge in [0.05, 0.1) is 0 Å². The Balaban J connectivity index is 1.28. The Morgan fingerprint density at radius 3 is 2.59 bits per heavy atom. The van der Waals surface area contributed by atoms with Crippen molar-refractivity contribution in [3.63, 3.8) is 0 Å². The van der Waals surface area contributed by atoms with Crippen LogP contribution in [0.25, 0.3) is 5.65 Å². The van der Waals surface area contributed by atoms with Crippen LogP contribution in [0.5, 0.6) is 0 Å². The van der Waals surface area contributed by atoms with Crippen molar-refractivity contribution >= 4 is 11.5 Å². The van der Waals surface area contributed by atoms with Crippen molar-refractivity contribution in [2.75, 3.05) is 31.1 Å². The number of hydrogen-bond donors (Lipinski definition) is 0. The summed E-state index contributed by atoms with van der Waals surface area (Å²) in [5.74, 6) is 2.37. The van der Waals surface area contributed by atoms with Crippen molar-refractivity contribution in [2.24, 2.45) is 7.05 Å². The summed E-state index contributed by atoms with van der Waals surface area (Å²) in [5, 5.41) is 13.7. The van der Waals surface area contributed by atoms with Crippen molar-refractivity contribution in [3.8, 4) is 0 Å². The Hall–Kier alpha value is -2.74. The Morgan fingerprint density at radius 2 is 1.83 bits per heavy atom. The molecule has 0 atom stereocenters. The zero-order valence-corrected chi connectivity index (χ0v) is 16.9. The lowest BCUT2D eigenvalue weighted by Gasteiger charge is -2.31. The Kier molecular flexibility index (Phi) is 4.79. The molecule has 8 heteroatoms. The van der Waals surface area contributed by atoms with Gasteiger partial charge in [0.25, 0.3) is 5.56 Å². The van der Waals surface area contributed by atoms with E-state index in [1.54, 1.807) is 17.7 Å². The van der Waals surface area contributed by atoms with Crippen LogP contribution in [0, 0.1) is 0 Å². The summed E-state index contributed by atoms with van der Waals surface area (Å²) in [4.78, 5) is 16.6. The average Bonchev–Trinajstić information content (AvgIpc) is 3.41. The molecule has 0 bridgehead atoms. The maximum absolute atomic E-state index is 11.9. The summed E-state index contributed by atoms with van der Waals surface area (Å²) >= 11 is 0. The highest BCUT2D eigenvalue weighted by Crippen LogP contribution is 2.28. The van der Waals surface area contributed by atoms with E-state index in [1.807, 2.05) is 22.8 Å². The molecule has 0 unspecified atom stereocenters. The van der Waals surface area contributed by atoms with Gasteiger partial charge in [-0.25, -0.2) is 0 Å². The number of aromatic nitrogens is 5. The molecule has 2 aliphatic heterocycles. The van der Waals surface area contributed by atoms with E-state index in [4.69, 9.17) is 5.10 Å². The van der Waals surface area contributed by atoms with Crippen LogP contribution in [-0.2, 0) is 13.6 Å². The number of rotatable bonds is 4. The summed E-state index contributed by atoms with van der Waals surface area (Å²) in [7, 11) is 1.78. The molecule has 3 aromatic rings. The molecule has 29 heavy (non-hydrogen) atoms. The molecular weight excluding hydrogens is 366 g/mol. The van der Waals surface area contributed by atoms with E-state index in [0.29, 0.717) is 5.92 Å². The van der Waals surface area contributed by atoms with Crippen LogP contribution in [0.15, 0.2) is 35.3 Å². The van der Waals surface area contributed by atoms with Gasteiger partial charge in [0.15, 0.2) is 11.5 Å². The number of pyridine rings is 1. The van der Waals surface area contributed by atoms with Gasteiger partial charge in [0, 0.05) is 44.9 Å². The van der Waals surface area contributed by atoms with E-state index < -0.39 is 0 Å². The van der Waals surface area contributed by atoms with E-state index in [9.17, 15) is 4.79 Å². The molecule has 0 spiro atoms. The number of aryl methyl sites for hydroxylation is 1. The van der Waals surface area contributed by atoms with Gasteiger partial charge in [-0.3, -0.25) is 9.69 Å². The average molecular weight is 393 g/mol. The molecule has 0 amide bonds. The van der Waals surface area contributed by atoms with Crippen molar-refractivity contribution in [1.82, 2.24) is 29.3 Å². The van der Waals surface area contributed by atoms with Gasteiger partial charge in [-0.2, -0.15) is 4.52 Å². The molecule has 5 heterocycles. The van der Waals surface area contributed by atoms with Crippen LogP contribution in [0.1, 0.15) is 43.0 Å². The second-order valence-corrected chi connectivity index (χ2v) is 8.25. The molecule has 2 aliphatic rings. The van der Waals surface area contributed by atoms with Gasteiger partial charge in [-0.05, 0) is 62.5 Å². The maximum atomic E-state index is 11.9. The van der Waals surface area contributed by atoms with Gasteiger partial charge in [-0.1, -0.05) is 0 Å². The number of piperidine rings is 1. The van der Waals surface area contributed by atoms with Crippen molar-refractivity contribution < 1.29 is 0 Å². The highest BCUT2D eigenvalue weighted by Gasteiger charge is 2.26. The minimum absolute atomic E-state index is 0.0483. The lowest BCUT2D eigenvalue weighted by atomic mass is 9.96. The van der Waals surface area contributed by atoms with Crippen molar-refractivity contribution in [3.05, 3.63) is 52.2 Å². The third-order valence-corrected chi connectivity index (χ3v) is 6.23. The fraction of sp³-hybridized carbons (Fsp3) is 0.524. The van der Waals surface area contributed by atoms with Gasteiger partial charge < -0.3 is 9.47 Å². The fourth-order valence-corrected chi connectivity index (χ4v) is 4.46. The van der Waals surface area contributed by atoms with E-state index >= 15 is 0 Å². The third-order valence-electron chi connectivity index (χ3n) is 6.23. The number of hydrogen-bond acceptors (Lipinski definition) is 6. The third kappa shape index (κ3) is 3.64. The molecule has 0 aromatic carbocycles. The molecule has 2 fully saturated rings. The highest BCUT2D eigenvalue weighted by atomic mass is 16.1. The molecule has 0 saturated carbocycles. The summed E-state index contributed by atoms with van der Waals surface area (Å²) in [6.07, 6.45) is 6.38. The smallest absolute Gasteiger partial charge is 0.250 e. The monoisotopic (exact) mass is 393 g/mol. The van der Waals surface area contributed by atoms with Crippen LogP contribution in [0.4, 0.5) is 5.82 Å².